The number of amidine groups is 1. The minimum absolute atomic E-state index is 0.126. The van der Waals surface area contributed by atoms with Crippen LogP contribution in [0.1, 0.15) is 18.5 Å². The molecule has 0 saturated heterocycles. The Morgan fingerprint density at radius 1 is 1.32 bits per heavy atom. The molecule has 1 aromatic carbocycles. The highest BCUT2D eigenvalue weighted by molar-refractivity contribution is 7.86. The van der Waals surface area contributed by atoms with E-state index >= 15 is 0 Å². The van der Waals surface area contributed by atoms with Gasteiger partial charge in [-0.3, -0.25) is 4.21 Å². The van der Waals surface area contributed by atoms with Crippen molar-refractivity contribution in [3.05, 3.63) is 41.3 Å². The number of hydrogen-bond acceptors (Lipinski definition) is 5. The second-order valence-corrected chi connectivity index (χ2v) is 7.05. The van der Waals surface area contributed by atoms with Crippen molar-refractivity contribution in [3.63, 3.8) is 0 Å². The van der Waals surface area contributed by atoms with Crippen LogP contribution in [0, 0.1) is 0 Å². The predicted octanol–water partition coefficient (Wildman–Crippen LogP) is 1.65. The van der Waals surface area contributed by atoms with Gasteiger partial charge in [-0.1, -0.05) is 17.7 Å². The fourth-order valence-corrected chi connectivity index (χ4v) is 3.79. The number of rotatable bonds is 4. The summed E-state index contributed by atoms with van der Waals surface area (Å²) in [5.41, 5.74) is 7.51. The van der Waals surface area contributed by atoms with Crippen LogP contribution >= 0.6 is 11.6 Å². The molecule has 1 heterocycles. The molecule has 1 aliphatic carbocycles. The Morgan fingerprint density at radius 3 is 2.73 bits per heavy atom. The summed E-state index contributed by atoms with van der Waals surface area (Å²) in [5.74, 6) is 5.28. The molecular weight excluding hydrogens is 322 g/mol. The zero-order valence-corrected chi connectivity index (χ0v) is 13.1. The van der Waals surface area contributed by atoms with E-state index in [1.165, 1.54) is 6.33 Å². The van der Waals surface area contributed by atoms with E-state index in [1.54, 1.807) is 18.2 Å². The Kier molecular flexibility index (Phi) is 4.08. The van der Waals surface area contributed by atoms with Gasteiger partial charge in [-0.2, -0.15) is 5.10 Å². The lowest BCUT2D eigenvalue weighted by atomic mass is 10.1. The molecule has 1 aliphatic rings. The third-order valence-corrected chi connectivity index (χ3v) is 5.63. The second kappa shape index (κ2) is 6.02. The topological polar surface area (TPSA) is 107 Å². The first-order valence-corrected chi connectivity index (χ1v) is 8.25. The van der Waals surface area contributed by atoms with Crippen LogP contribution in [-0.4, -0.2) is 25.3 Å². The van der Waals surface area contributed by atoms with Gasteiger partial charge >= 0.3 is 0 Å². The Balaban J connectivity index is 1.95. The lowest BCUT2D eigenvalue weighted by Crippen LogP contribution is -2.17. The smallest absolute Gasteiger partial charge is 0.169 e. The van der Waals surface area contributed by atoms with Crippen LogP contribution in [0.4, 0.5) is 0 Å². The molecule has 0 spiro atoms. The van der Waals surface area contributed by atoms with Gasteiger partial charge in [-0.15, -0.1) is 0 Å². The van der Waals surface area contributed by atoms with Crippen LogP contribution in [-0.2, 0) is 10.8 Å². The summed E-state index contributed by atoms with van der Waals surface area (Å²) in [6.45, 7) is 0. The molecule has 1 aromatic heterocycles. The van der Waals surface area contributed by atoms with Gasteiger partial charge < -0.3 is 11.6 Å². The number of aromatic nitrogens is 2. The summed E-state index contributed by atoms with van der Waals surface area (Å²) in [6.07, 6.45) is 3.38. The van der Waals surface area contributed by atoms with Gasteiger partial charge in [0.05, 0.1) is 26.4 Å². The van der Waals surface area contributed by atoms with Crippen molar-refractivity contribution in [1.29, 1.82) is 0 Å². The van der Waals surface area contributed by atoms with E-state index in [9.17, 15) is 4.21 Å². The van der Waals surface area contributed by atoms with Crippen molar-refractivity contribution in [2.75, 3.05) is 0 Å². The van der Waals surface area contributed by atoms with Crippen LogP contribution in [0.3, 0.4) is 0 Å². The van der Waals surface area contributed by atoms with Gasteiger partial charge in [0, 0.05) is 10.8 Å². The van der Waals surface area contributed by atoms with Crippen LogP contribution in [0.2, 0.25) is 5.02 Å². The Bertz CT molecular complexity index is 776. The third kappa shape index (κ3) is 2.95. The molecule has 114 valence electrons. The number of benzene rings is 1. The number of nitrogens with zero attached hydrogens (tertiary/aromatic N) is 3. The second-order valence-electron chi connectivity index (χ2n) is 4.94. The SMILES string of the molecule is NN=C(N)c1cc(-c2ccc(S(=O)C3CC3)c(Cl)c2)ncn1. The molecule has 0 bridgehead atoms. The maximum Gasteiger partial charge on any atom is 0.169 e. The first kappa shape index (κ1) is 14.9. The maximum absolute atomic E-state index is 12.2. The summed E-state index contributed by atoms with van der Waals surface area (Å²) in [7, 11) is -1.03. The summed E-state index contributed by atoms with van der Waals surface area (Å²) >= 11 is 6.27. The molecule has 1 unspecified atom stereocenters. The summed E-state index contributed by atoms with van der Waals surface area (Å²) in [6, 6.07) is 7.05. The highest BCUT2D eigenvalue weighted by atomic mass is 35.5. The minimum Gasteiger partial charge on any atom is -0.380 e. The average Bonchev–Trinajstić information content (AvgIpc) is 3.38. The molecule has 0 amide bonds. The molecule has 8 heteroatoms. The monoisotopic (exact) mass is 335 g/mol. The molecular formula is C14H14ClN5OS. The number of nitrogens with two attached hydrogens (primary N) is 2. The van der Waals surface area contributed by atoms with Crippen LogP contribution in [0.25, 0.3) is 11.3 Å². The predicted molar refractivity (Wildman–Crippen MR) is 86.8 cm³/mol. The van der Waals surface area contributed by atoms with E-state index in [1.807, 2.05) is 6.07 Å². The third-order valence-electron chi connectivity index (χ3n) is 3.34. The molecule has 0 radical (unpaired) electrons. The van der Waals surface area contributed by atoms with Crippen molar-refractivity contribution in [2.24, 2.45) is 16.7 Å². The van der Waals surface area contributed by atoms with E-state index in [0.29, 0.717) is 21.3 Å². The van der Waals surface area contributed by atoms with E-state index in [2.05, 4.69) is 15.1 Å². The first-order valence-electron chi connectivity index (χ1n) is 6.66. The molecule has 22 heavy (non-hydrogen) atoms. The minimum atomic E-state index is -1.03. The highest BCUT2D eigenvalue weighted by Gasteiger charge is 2.30. The maximum atomic E-state index is 12.2. The molecule has 2 aromatic rings. The van der Waals surface area contributed by atoms with Gasteiger partial charge in [0.1, 0.15) is 12.0 Å². The van der Waals surface area contributed by atoms with Crippen molar-refractivity contribution in [2.45, 2.75) is 23.0 Å². The Hall–Kier alpha value is -1.99. The van der Waals surface area contributed by atoms with Crippen molar-refractivity contribution in [3.8, 4) is 11.3 Å². The van der Waals surface area contributed by atoms with Crippen molar-refractivity contribution < 1.29 is 4.21 Å². The summed E-state index contributed by atoms with van der Waals surface area (Å²) in [5, 5.41) is 4.13. The normalized spacial score (nSPS) is 16.5. The lowest BCUT2D eigenvalue weighted by molar-refractivity contribution is 0.682. The molecule has 1 atom stereocenters. The van der Waals surface area contributed by atoms with Gasteiger partial charge in [-0.25, -0.2) is 9.97 Å². The van der Waals surface area contributed by atoms with E-state index < -0.39 is 10.8 Å². The molecule has 1 saturated carbocycles. The zero-order chi connectivity index (χ0) is 15.7. The number of hydrogen-bond donors (Lipinski definition) is 2. The fraction of sp³-hybridized carbons (Fsp3) is 0.214. The molecule has 1 fully saturated rings. The van der Waals surface area contributed by atoms with Crippen molar-refractivity contribution in [1.82, 2.24) is 9.97 Å². The van der Waals surface area contributed by atoms with E-state index in [4.69, 9.17) is 23.2 Å². The molecule has 6 nitrogen and oxygen atoms in total. The molecule has 3 rings (SSSR count). The lowest BCUT2D eigenvalue weighted by Gasteiger charge is -2.07. The van der Waals surface area contributed by atoms with Gasteiger partial charge in [0.2, 0.25) is 0 Å². The Labute approximate surface area is 135 Å². The average molecular weight is 336 g/mol. The fourth-order valence-electron chi connectivity index (χ4n) is 2.01. The first-order chi connectivity index (χ1) is 10.6. The number of halogens is 1. The standard InChI is InChI=1S/C14H14ClN5OS/c15-10-5-8(1-4-13(10)22(21)9-2-3-9)11-6-12(14(16)20-17)19-7-18-11/h1,4-7,9H,2-3,17H2,(H2,16,20). The van der Waals surface area contributed by atoms with Crippen LogP contribution in [0.5, 0.6) is 0 Å². The zero-order valence-electron chi connectivity index (χ0n) is 11.6. The molecule has 4 N–H and O–H groups in total. The van der Waals surface area contributed by atoms with Crippen LogP contribution < -0.4 is 11.6 Å². The van der Waals surface area contributed by atoms with E-state index in [-0.39, 0.29) is 11.1 Å². The largest absolute Gasteiger partial charge is 0.380 e. The van der Waals surface area contributed by atoms with E-state index in [0.717, 1.165) is 18.4 Å². The van der Waals surface area contributed by atoms with Gasteiger partial charge in [0.15, 0.2) is 5.84 Å². The quantitative estimate of drug-likeness (QED) is 0.382. The van der Waals surface area contributed by atoms with Crippen molar-refractivity contribution >= 4 is 28.2 Å². The van der Waals surface area contributed by atoms with Gasteiger partial charge in [-0.05, 0) is 31.0 Å². The van der Waals surface area contributed by atoms with Crippen LogP contribution in [0.15, 0.2) is 40.6 Å². The Morgan fingerprint density at radius 2 is 2.09 bits per heavy atom. The summed E-state index contributed by atoms with van der Waals surface area (Å²) < 4.78 is 12.2. The molecule has 0 aliphatic heterocycles. The summed E-state index contributed by atoms with van der Waals surface area (Å²) in [4.78, 5) is 8.87. The number of hydrazone groups is 1. The highest BCUT2D eigenvalue weighted by Crippen LogP contribution is 2.34. The van der Waals surface area contributed by atoms with Gasteiger partial charge in [0.25, 0.3) is 0 Å².